The fourth-order valence-electron chi connectivity index (χ4n) is 0.996. The summed E-state index contributed by atoms with van der Waals surface area (Å²) >= 11 is 0. The minimum Gasteiger partial charge on any atom is -0.384 e. The maximum absolute atomic E-state index is 5.89. The van der Waals surface area contributed by atoms with Crippen molar-refractivity contribution < 1.29 is 0 Å². The molecule has 66 valence electrons. The number of hydrogen-bond donors (Lipinski definition) is 2. The highest BCUT2D eigenvalue weighted by Crippen LogP contribution is 2.16. The third-order valence-corrected chi connectivity index (χ3v) is 1.85. The largest absolute Gasteiger partial charge is 0.384 e. The molecule has 1 heterocycles. The summed E-state index contributed by atoms with van der Waals surface area (Å²) in [4.78, 5) is 4.15. The molecule has 12 heavy (non-hydrogen) atoms. The lowest BCUT2D eigenvalue weighted by atomic mass is 10.0. The van der Waals surface area contributed by atoms with Crippen molar-refractivity contribution in [2.24, 2.45) is 11.7 Å². The van der Waals surface area contributed by atoms with Gasteiger partial charge in [0.25, 0.3) is 0 Å². The second-order valence-electron chi connectivity index (χ2n) is 3.26. The van der Waals surface area contributed by atoms with Gasteiger partial charge in [-0.2, -0.15) is 0 Å². The lowest BCUT2D eigenvalue weighted by Gasteiger charge is -2.14. The zero-order chi connectivity index (χ0) is 9.14. The number of nitrogen functional groups attached to an aromatic ring is 1. The number of nitrogens with two attached hydrogens (primary N) is 2. The zero-order valence-corrected chi connectivity index (χ0v) is 7.49. The van der Waals surface area contributed by atoms with E-state index in [0.717, 1.165) is 5.69 Å². The highest BCUT2D eigenvalue weighted by Gasteiger charge is 2.11. The van der Waals surface area contributed by atoms with Crippen molar-refractivity contribution in [2.45, 2.75) is 19.9 Å². The zero-order valence-electron chi connectivity index (χ0n) is 7.49. The van der Waals surface area contributed by atoms with Gasteiger partial charge in [-0.05, 0) is 18.1 Å². The number of nitrogens with zero attached hydrogens (tertiary/aromatic N) is 1. The summed E-state index contributed by atoms with van der Waals surface area (Å²) < 4.78 is 0. The number of pyridine rings is 1. The Kier molecular flexibility index (Phi) is 2.65. The first-order chi connectivity index (χ1) is 5.61. The molecule has 1 aromatic rings. The van der Waals surface area contributed by atoms with Crippen LogP contribution in [0.15, 0.2) is 18.2 Å². The maximum Gasteiger partial charge on any atom is 0.123 e. The van der Waals surface area contributed by atoms with E-state index in [-0.39, 0.29) is 6.04 Å². The summed E-state index contributed by atoms with van der Waals surface area (Å²) in [6, 6.07) is 5.52. The molecule has 0 aromatic carbocycles. The molecule has 4 N–H and O–H groups in total. The number of aromatic nitrogens is 1. The fraction of sp³-hybridized carbons (Fsp3) is 0.444. The molecule has 0 saturated heterocycles. The van der Waals surface area contributed by atoms with Crippen LogP contribution in [0.4, 0.5) is 5.82 Å². The Morgan fingerprint density at radius 3 is 2.50 bits per heavy atom. The maximum atomic E-state index is 5.89. The molecular formula is C9H15N3. The van der Waals surface area contributed by atoms with Crippen LogP contribution >= 0.6 is 0 Å². The van der Waals surface area contributed by atoms with Crippen molar-refractivity contribution in [3.63, 3.8) is 0 Å². The molecule has 0 fully saturated rings. The van der Waals surface area contributed by atoms with E-state index in [2.05, 4.69) is 18.8 Å². The van der Waals surface area contributed by atoms with Crippen LogP contribution in [0, 0.1) is 5.92 Å². The quantitative estimate of drug-likeness (QED) is 0.694. The van der Waals surface area contributed by atoms with Crippen molar-refractivity contribution in [1.82, 2.24) is 4.98 Å². The van der Waals surface area contributed by atoms with E-state index in [9.17, 15) is 0 Å². The van der Waals surface area contributed by atoms with Gasteiger partial charge in [-0.25, -0.2) is 4.98 Å². The second kappa shape index (κ2) is 3.54. The lowest BCUT2D eigenvalue weighted by molar-refractivity contribution is 0.503. The third kappa shape index (κ3) is 1.95. The van der Waals surface area contributed by atoms with E-state index in [1.165, 1.54) is 0 Å². The van der Waals surface area contributed by atoms with Crippen LogP contribution in [0.25, 0.3) is 0 Å². The highest BCUT2D eigenvalue weighted by atomic mass is 14.9. The predicted octanol–water partition coefficient (Wildman–Crippen LogP) is 1.32. The van der Waals surface area contributed by atoms with Crippen molar-refractivity contribution in [3.8, 4) is 0 Å². The van der Waals surface area contributed by atoms with E-state index < -0.39 is 0 Å². The monoisotopic (exact) mass is 165 g/mol. The molecule has 0 saturated carbocycles. The summed E-state index contributed by atoms with van der Waals surface area (Å²) in [7, 11) is 0. The van der Waals surface area contributed by atoms with E-state index in [1.54, 1.807) is 6.07 Å². The molecule has 1 rings (SSSR count). The summed E-state index contributed by atoms with van der Waals surface area (Å²) in [6.07, 6.45) is 0. The molecule has 0 amide bonds. The van der Waals surface area contributed by atoms with Crippen LogP contribution in [-0.2, 0) is 0 Å². The van der Waals surface area contributed by atoms with Gasteiger partial charge < -0.3 is 11.5 Å². The highest BCUT2D eigenvalue weighted by molar-refractivity contribution is 5.29. The van der Waals surface area contributed by atoms with Gasteiger partial charge in [-0.15, -0.1) is 0 Å². The first-order valence-corrected chi connectivity index (χ1v) is 4.09. The van der Waals surface area contributed by atoms with Crippen LogP contribution < -0.4 is 11.5 Å². The number of rotatable bonds is 2. The summed E-state index contributed by atoms with van der Waals surface area (Å²) in [6.45, 7) is 4.13. The topological polar surface area (TPSA) is 64.9 Å². The lowest BCUT2D eigenvalue weighted by Crippen LogP contribution is -2.18. The Morgan fingerprint density at radius 1 is 1.33 bits per heavy atom. The summed E-state index contributed by atoms with van der Waals surface area (Å²) in [5.74, 6) is 0.919. The van der Waals surface area contributed by atoms with Crippen molar-refractivity contribution in [3.05, 3.63) is 23.9 Å². The van der Waals surface area contributed by atoms with Gasteiger partial charge in [0, 0.05) is 6.04 Å². The third-order valence-electron chi connectivity index (χ3n) is 1.85. The van der Waals surface area contributed by atoms with Crippen LogP contribution in [-0.4, -0.2) is 4.98 Å². The molecular weight excluding hydrogens is 150 g/mol. The van der Waals surface area contributed by atoms with Crippen LogP contribution in [0.5, 0.6) is 0 Å². The van der Waals surface area contributed by atoms with Gasteiger partial charge in [-0.3, -0.25) is 0 Å². The fourth-order valence-corrected chi connectivity index (χ4v) is 0.996. The molecule has 0 aliphatic rings. The normalized spacial score (nSPS) is 13.3. The molecule has 0 bridgehead atoms. The average Bonchev–Trinajstić information content (AvgIpc) is 2.03. The Bertz CT molecular complexity index is 258. The molecule has 1 aromatic heterocycles. The van der Waals surface area contributed by atoms with Crippen molar-refractivity contribution >= 4 is 5.82 Å². The summed E-state index contributed by atoms with van der Waals surface area (Å²) in [5, 5.41) is 0. The van der Waals surface area contributed by atoms with E-state index in [0.29, 0.717) is 11.7 Å². The minimum absolute atomic E-state index is 0.0199. The Balaban J connectivity index is 2.88. The van der Waals surface area contributed by atoms with Crippen LogP contribution in [0.1, 0.15) is 25.6 Å². The second-order valence-corrected chi connectivity index (χ2v) is 3.26. The Hall–Kier alpha value is -1.09. The molecule has 0 spiro atoms. The van der Waals surface area contributed by atoms with Gasteiger partial charge >= 0.3 is 0 Å². The molecule has 1 unspecified atom stereocenters. The molecule has 3 nitrogen and oxygen atoms in total. The van der Waals surface area contributed by atoms with Crippen LogP contribution in [0.2, 0.25) is 0 Å². The van der Waals surface area contributed by atoms with E-state index in [4.69, 9.17) is 11.5 Å². The number of hydrogen-bond acceptors (Lipinski definition) is 3. The predicted molar refractivity (Wildman–Crippen MR) is 50.4 cm³/mol. The molecule has 3 heteroatoms. The Labute approximate surface area is 72.8 Å². The van der Waals surface area contributed by atoms with Gasteiger partial charge in [0.2, 0.25) is 0 Å². The van der Waals surface area contributed by atoms with Crippen LogP contribution in [0.3, 0.4) is 0 Å². The smallest absolute Gasteiger partial charge is 0.123 e. The molecule has 0 aliphatic carbocycles. The van der Waals surface area contributed by atoms with E-state index in [1.807, 2.05) is 12.1 Å². The van der Waals surface area contributed by atoms with Gasteiger partial charge in [-0.1, -0.05) is 19.9 Å². The minimum atomic E-state index is -0.0199. The first-order valence-electron chi connectivity index (χ1n) is 4.09. The average molecular weight is 165 g/mol. The summed E-state index contributed by atoms with van der Waals surface area (Å²) in [5.41, 5.74) is 12.3. The SMILES string of the molecule is CC(C)C(N)c1cccc(N)n1. The Morgan fingerprint density at radius 2 is 2.00 bits per heavy atom. The van der Waals surface area contributed by atoms with Gasteiger partial charge in [0.1, 0.15) is 5.82 Å². The molecule has 1 atom stereocenters. The standard InChI is InChI=1S/C9H15N3/c1-6(2)9(11)7-4-3-5-8(10)12-7/h3-6,9H,11H2,1-2H3,(H2,10,12). The van der Waals surface area contributed by atoms with Crippen molar-refractivity contribution in [1.29, 1.82) is 0 Å². The molecule has 0 aliphatic heterocycles. The van der Waals surface area contributed by atoms with E-state index >= 15 is 0 Å². The first kappa shape index (κ1) is 9.00. The van der Waals surface area contributed by atoms with Crippen molar-refractivity contribution in [2.75, 3.05) is 5.73 Å². The van der Waals surface area contributed by atoms with Gasteiger partial charge in [0.15, 0.2) is 0 Å². The molecule has 0 radical (unpaired) electrons. The number of anilines is 1. The van der Waals surface area contributed by atoms with Gasteiger partial charge in [0.05, 0.1) is 5.69 Å².